The summed E-state index contributed by atoms with van der Waals surface area (Å²) in [6.07, 6.45) is 3.37. The van der Waals surface area contributed by atoms with Crippen molar-refractivity contribution in [2.75, 3.05) is 19.6 Å². The van der Waals surface area contributed by atoms with E-state index in [1.54, 1.807) is 36.1 Å². The van der Waals surface area contributed by atoms with Gasteiger partial charge in [0.15, 0.2) is 5.96 Å². The third-order valence-corrected chi connectivity index (χ3v) is 4.18. The molecule has 2 unspecified atom stereocenters. The molecular weight excluding hydrogens is 493 g/mol. The van der Waals surface area contributed by atoms with E-state index in [1.165, 1.54) is 0 Å². The van der Waals surface area contributed by atoms with Crippen LogP contribution in [0.15, 0.2) is 41.7 Å². The van der Waals surface area contributed by atoms with E-state index in [-0.39, 0.29) is 36.6 Å². The average Bonchev–Trinajstić information content (AvgIpc) is 3.07. The van der Waals surface area contributed by atoms with E-state index in [0.29, 0.717) is 24.1 Å². The van der Waals surface area contributed by atoms with Crippen molar-refractivity contribution in [3.63, 3.8) is 0 Å². The summed E-state index contributed by atoms with van der Waals surface area (Å²) in [5.74, 6) is 1.38. The quantitative estimate of drug-likeness (QED) is 0.283. The Morgan fingerprint density at radius 2 is 2.04 bits per heavy atom. The van der Waals surface area contributed by atoms with Crippen molar-refractivity contribution < 1.29 is 9.84 Å². The monoisotopic (exact) mass is 521 g/mol. The number of rotatable bonds is 8. The summed E-state index contributed by atoms with van der Waals surface area (Å²) in [5, 5.41) is 21.8. The number of halogens is 2. The first kappa shape index (κ1) is 24.5. The summed E-state index contributed by atoms with van der Waals surface area (Å²) in [4.78, 5) is 4.50. The third kappa shape index (κ3) is 7.84. The van der Waals surface area contributed by atoms with Gasteiger partial charge < -0.3 is 20.5 Å². The second-order valence-electron chi connectivity index (χ2n) is 6.63. The summed E-state index contributed by atoms with van der Waals surface area (Å²) in [5.41, 5.74) is -0.369. The fraction of sp³-hybridized carbons (Fsp3) is 0.474. The van der Waals surface area contributed by atoms with Crippen LogP contribution in [0.4, 0.5) is 0 Å². The van der Waals surface area contributed by atoms with E-state index < -0.39 is 5.60 Å². The molecule has 1 aromatic heterocycles. The van der Waals surface area contributed by atoms with Crippen LogP contribution in [0.1, 0.15) is 26.3 Å². The smallest absolute Gasteiger partial charge is 0.191 e. The maximum absolute atomic E-state index is 10.7. The molecule has 0 saturated carbocycles. The van der Waals surface area contributed by atoms with Crippen molar-refractivity contribution >= 4 is 41.5 Å². The van der Waals surface area contributed by atoms with Crippen LogP contribution in [0.3, 0.4) is 0 Å². The zero-order valence-electron chi connectivity index (χ0n) is 16.6. The highest BCUT2D eigenvalue weighted by Crippen LogP contribution is 2.20. The standard InChI is InChI=1S/C19H28ClN5O2.HI/c1-5-21-18(23-13-19(3,26)15-11-24-25(4)12-15)22-10-14(2)27-17-8-6-16(20)7-9-17;/h6-9,11-12,14,26H,5,10,13H2,1-4H3,(H2,21,22,23);1H. The van der Waals surface area contributed by atoms with E-state index in [4.69, 9.17) is 16.3 Å². The first-order chi connectivity index (χ1) is 12.8. The molecule has 2 atom stereocenters. The molecule has 0 spiro atoms. The molecule has 1 heterocycles. The Hall–Kier alpha value is -1.52. The van der Waals surface area contributed by atoms with Crippen molar-refractivity contribution in [2.24, 2.45) is 12.0 Å². The highest BCUT2D eigenvalue weighted by Gasteiger charge is 2.24. The van der Waals surface area contributed by atoms with Crippen molar-refractivity contribution in [3.05, 3.63) is 47.2 Å². The predicted molar refractivity (Wildman–Crippen MR) is 124 cm³/mol. The largest absolute Gasteiger partial charge is 0.489 e. The van der Waals surface area contributed by atoms with E-state index >= 15 is 0 Å². The van der Waals surface area contributed by atoms with E-state index in [9.17, 15) is 5.11 Å². The Morgan fingerprint density at radius 3 is 2.61 bits per heavy atom. The van der Waals surface area contributed by atoms with Gasteiger partial charge in [-0.1, -0.05) is 11.6 Å². The molecule has 28 heavy (non-hydrogen) atoms. The molecule has 0 aliphatic rings. The van der Waals surface area contributed by atoms with Crippen LogP contribution in [0.5, 0.6) is 5.75 Å². The van der Waals surface area contributed by atoms with Gasteiger partial charge in [0.05, 0.1) is 19.3 Å². The topological polar surface area (TPSA) is 83.7 Å². The van der Waals surface area contributed by atoms with Crippen LogP contribution in [-0.2, 0) is 12.6 Å². The molecule has 2 aromatic rings. The van der Waals surface area contributed by atoms with Gasteiger partial charge in [-0.05, 0) is 45.0 Å². The van der Waals surface area contributed by atoms with E-state index in [1.807, 2.05) is 33.0 Å². The number of guanidine groups is 1. The Bertz CT molecular complexity index is 749. The number of aliphatic imine (C=N–C) groups is 1. The lowest BCUT2D eigenvalue weighted by Gasteiger charge is -2.21. The minimum Gasteiger partial charge on any atom is -0.489 e. The van der Waals surface area contributed by atoms with Gasteiger partial charge in [-0.25, -0.2) is 4.99 Å². The third-order valence-electron chi connectivity index (χ3n) is 3.92. The highest BCUT2D eigenvalue weighted by molar-refractivity contribution is 14.0. The molecule has 1 aromatic carbocycles. The summed E-state index contributed by atoms with van der Waals surface area (Å²) < 4.78 is 7.51. The van der Waals surface area contributed by atoms with Crippen LogP contribution in [0.2, 0.25) is 5.02 Å². The van der Waals surface area contributed by atoms with Gasteiger partial charge in [-0.2, -0.15) is 5.10 Å². The lowest BCUT2D eigenvalue weighted by molar-refractivity contribution is 0.0671. The zero-order valence-corrected chi connectivity index (χ0v) is 19.7. The summed E-state index contributed by atoms with van der Waals surface area (Å²) in [6.45, 7) is 7.17. The maximum atomic E-state index is 10.7. The molecule has 0 aliphatic carbocycles. The van der Waals surface area contributed by atoms with Crippen molar-refractivity contribution in [1.29, 1.82) is 0 Å². The number of hydrogen-bond donors (Lipinski definition) is 3. The predicted octanol–water partition coefficient (Wildman–Crippen LogP) is 2.92. The van der Waals surface area contributed by atoms with Crippen LogP contribution in [-0.4, -0.2) is 46.6 Å². The second-order valence-corrected chi connectivity index (χ2v) is 7.07. The van der Waals surface area contributed by atoms with Gasteiger partial charge in [0.1, 0.15) is 17.5 Å². The first-order valence-corrected chi connectivity index (χ1v) is 9.34. The first-order valence-electron chi connectivity index (χ1n) is 8.96. The number of hydrogen-bond acceptors (Lipinski definition) is 4. The Kier molecular flexibility index (Phi) is 10.0. The van der Waals surface area contributed by atoms with Gasteiger partial charge in [0, 0.05) is 30.4 Å². The van der Waals surface area contributed by atoms with E-state index in [0.717, 1.165) is 11.3 Å². The molecule has 0 saturated heterocycles. The number of ether oxygens (including phenoxy) is 1. The minimum absolute atomic E-state index is 0. The number of benzene rings is 1. The van der Waals surface area contributed by atoms with Crippen LogP contribution in [0.25, 0.3) is 0 Å². The van der Waals surface area contributed by atoms with Crippen LogP contribution < -0.4 is 15.4 Å². The minimum atomic E-state index is -1.10. The Labute approximate surface area is 188 Å². The number of nitrogens with one attached hydrogen (secondary N) is 2. The average molecular weight is 522 g/mol. The summed E-state index contributed by atoms with van der Waals surface area (Å²) in [6, 6.07) is 7.26. The molecule has 156 valence electrons. The molecule has 0 amide bonds. The Balaban J connectivity index is 0.00000392. The van der Waals surface area contributed by atoms with Crippen molar-refractivity contribution in [1.82, 2.24) is 20.4 Å². The van der Waals surface area contributed by atoms with Crippen LogP contribution >= 0.6 is 35.6 Å². The molecule has 9 heteroatoms. The lowest BCUT2D eigenvalue weighted by atomic mass is 10.0. The molecule has 3 N–H and O–H groups in total. The van der Waals surface area contributed by atoms with Gasteiger partial charge >= 0.3 is 0 Å². The lowest BCUT2D eigenvalue weighted by Crippen LogP contribution is -2.42. The number of nitrogens with zero attached hydrogens (tertiary/aromatic N) is 3. The Morgan fingerprint density at radius 1 is 1.36 bits per heavy atom. The number of aryl methyl sites for hydroxylation is 1. The normalized spacial score (nSPS) is 14.6. The van der Waals surface area contributed by atoms with Crippen molar-refractivity contribution in [2.45, 2.75) is 32.5 Å². The summed E-state index contributed by atoms with van der Waals surface area (Å²) in [7, 11) is 1.82. The molecule has 7 nitrogen and oxygen atoms in total. The second kappa shape index (κ2) is 11.5. The molecule has 0 bridgehead atoms. The molecule has 2 rings (SSSR count). The SMILES string of the molecule is CCNC(=NCC(C)(O)c1cnn(C)c1)NCC(C)Oc1ccc(Cl)cc1.I. The fourth-order valence-corrected chi connectivity index (χ4v) is 2.52. The molecular formula is C19H29ClIN5O2. The molecule has 0 radical (unpaired) electrons. The molecule has 0 aliphatic heterocycles. The van der Waals surface area contributed by atoms with Gasteiger partial charge in [0.25, 0.3) is 0 Å². The maximum Gasteiger partial charge on any atom is 0.191 e. The van der Waals surface area contributed by atoms with Crippen molar-refractivity contribution in [3.8, 4) is 5.75 Å². The van der Waals surface area contributed by atoms with Gasteiger partial charge in [-0.15, -0.1) is 24.0 Å². The summed E-state index contributed by atoms with van der Waals surface area (Å²) >= 11 is 5.89. The number of aliphatic hydroxyl groups is 1. The zero-order chi connectivity index (χ0) is 19.9. The highest BCUT2D eigenvalue weighted by atomic mass is 127. The van der Waals surface area contributed by atoms with E-state index in [2.05, 4.69) is 20.7 Å². The van der Waals surface area contributed by atoms with Gasteiger partial charge in [-0.3, -0.25) is 4.68 Å². The fourth-order valence-electron chi connectivity index (χ4n) is 2.39. The van der Waals surface area contributed by atoms with Crippen LogP contribution in [0, 0.1) is 0 Å². The van der Waals surface area contributed by atoms with Gasteiger partial charge in [0.2, 0.25) is 0 Å². The molecule has 0 fully saturated rings. The number of aromatic nitrogens is 2.